The summed E-state index contributed by atoms with van der Waals surface area (Å²) in [6, 6.07) is 0. The van der Waals surface area contributed by atoms with Gasteiger partial charge in [0.25, 0.3) is 0 Å². The molecule has 0 nitrogen and oxygen atoms in total. The van der Waals surface area contributed by atoms with Gasteiger partial charge in [-0.1, -0.05) is 52.7 Å². The molecule has 0 aromatic rings. The maximum Gasteiger partial charge on any atom is -0.0257 e. The molecule has 2 rings (SSSR count). The summed E-state index contributed by atoms with van der Waals surface area (Å²) in [5, 5.41) is 0. The molecule has 0 amide bonds. The zero-order chi connectivity index (χ0) is 13.4. The van der Waals surface area contributed by atoms with Gasteiger partial charge in [-0.15, -0.1) is 0 Å². The van der Waals surface area contributed by atoms with Crippen molar-refractivity contribution in [1.29, 1.82) is 0 Å². The first-order chi connectivity index (χ1) is 8.43. The molecule has 1 saturated carbocycles. The zero-order valence-electron chi connectivity index (χ0n) is 13.3. The van der Waals surface area contributed by atoms with E-state index in [0.717, 1.165) is 35.5 Å². The van der Waals surface area contributed by atoms with E-state index in [9.17, 15) is 0 Å². The third-order valence-corrected chi connectivity index (χ3v) is 5.47. The first-order valence-electron chi connectivity index (χ1n) is 8.15. The fraction of sp³-hybridized carbons (Fsp3) is 0.889. The third-order valence-electron chi connectivity index (χ3n) is 5.47. The van der Waals surface area contributed by atoms with Crippen LogP contribution in [0.15, 0.2) is 11.1 Å². The number of allylic oxidation sites excluding steroid dienone is 2. The van der Waals surface area contributed by atoms with Gasteiger partial charge in [0.15, 0.2) is 0 Å². The Morgan fingerprint density at radius 3 is 1.39 bits per heavy atom. The van der Waals surface area contributed by atoms with Gasteiger partial charge < -0.3 is 0 Å². The quantitative estimate of drug-likeness (QED) is 0.563. The second-order valence-corrected chi connectivity index (χ2v) is 7.59. The standard InChI is InChI=1S/C18H32/c1-11(2)14-7-9-16-17(18(16)13(5)6)10-8-15(14)12(3)4/h11-13,16-18H,7-10H2,1-6H3/b15-14-/t16-,17+,18?. The van der Waals surface area contributed by atoms with Crippen LogP contribution in [0, 0.1) is 35.5 Å². The second-order valence-electron chi connectivity index (χ2n) is 7.59. The summed E-state index contributed by atoms with van der Waals surface area (Å²) in [5.74, 6) is 5.60. The number of hydrogen-bond acceptors (Lipinski definition) is 0. The van der Waals surface area contributed by atoms with Gasteiger partial charge in [0.05, 0.1) is 0 Å². The highest BCUT2D eigenvalue weighted by Crippen LogP contribution is 2.58. The van der Waals surface area contributed by atoms with E-state index in [4.69, 9.17) is 0 Å². The largest absolute Gasteiger partial charge is 0.0682 e. The predicted octanol–water partition coefficient (Wildman–Crippen LogP) is 5.69. The summed E-state index contributed by atoms with van der Waals surface area (Å²) < 4.78 is 0. The van der Waals surface area contributed by atoms with Crippen LogP contribution < -0.4 is 0 Å². The smallest absolute Gasteiger partial charge is 0.0257 e. The zero-order valence-corrected chi connectivity index (χ0v) is 13.3. The van der Waals surface area contributed by atoms with Crippen LogP contribution in [-0.2, 0) is 0 Å². The van der Waals surface area contributed by atoms with Crippen molar-refractivity contribution >= 4 is 0 Å². The Morgan fingerprint density at radius 2 is 1.11 bits per heavy atom. The Kier molecular flexibility index (Phi) is 4.24. The molecular weight excluding hydrogens is 216 g/mol. The highest BCUT2D eigenvalue weighted by molar-refractivity contribution is 5.21. The highest BCUT2D eigenvalue weighted by atomic mass is 14.6. The van der Waals surface area contributed by atoms with Crippen LogP contribution in [0.4, 0.5) is 0 Å². The molecule has 18 heavy (non-hydrogen) atoms. The molecule has 0 aliphatic heterocycles. The van der Waals surface area contributed by atoms with E-state index in [1.54, 1.807) is 11.1 Å². The van der Waals surface area contributed by atoms with E-state index in [1.807, 2.05) is 0 Å². The summed E-state index contributed by atoms with van der Waals surface area (Å²) in [6.07, 6.45) is 5.71. The monoisotopic (exact) mass is 248 g/mol. The van der Waals surface area contributed by atoms with Crippen LogP contribution in [0.2, 0.25) is 0 Å². The minimum atomic E-state index is 0.759. The molecule has 0 bridgehead atoms. The summed E-state index contributed by atoms with van der Waals surface area (Å²) in [7, 11) is 0. The normalized spacial score (nSPS) is 36.8. The maximum atomic E-state index is 2.43. The van der Waals surface area contributed by atoms with Crippen molar-refractivity contribution in [2.24, 2.45) is 35.5 Å². The average molecular weight is 248 g/mol. The summed E-state index contributed by atoms with van der Waals surface area (Å²) >= 11 is 0. The molecule has 2 aliphatic rings. The molecule has 0 spiro atoms. The van der Waals surface area contributed by atoms with Gasteiger partial charge in [-0.25, -0.2) is 0 Å². The van der Waals surface area contributed by atoms with E-state index in [0.29, 0.717) is 0 Å². The van der Waals surface area contributed by atoms with Crippen molar-refractivity contribution in [1.82, 2.24) is 0 Å². The molecule has 3 atom stereocenters. The van der Waals surface area contributed by atoms with Crippen molar-refractivity contribution in [2.45, 2.75) is 67.2 Å². The Morgan fingerprint density at radius 1 is 0.722 bits per heavy atom. The van der Waals surface area contributed by atoms with Crippen molar-refractivity contribution in [2.75, 3.05) is 0 Å². The minimum absolute atomic E-state index is 0.759. The van der Waals surface area contributed by atoms with E-state index >= 15 is 0 Å². The van der Waals surface area contributed by atoms with Crippen LogP contribution in [0.3, 0.4) is 0 Å². The third kappa shape index (κ3) is 2.68. The number of rotatable bonds is 3. The number of fused-ring (bicyclic) bond motifs is 1. The molecule has 0 saturated heterocycles. The van der Waals surface area contributed by atoms with E-state index in [1.165, 1.54) is 25.7 Å². The summed E-state index contributed by atoms with van der Waals surface area (Å²) in [4.78, 5) is 0. The highest BCUT2D eigenvalue weighted by Gasteiger charge is 2.50. The van der Waals surface area contributed by atoms with E-state index in [2.05, 4.69) is 41.5 Å². The van der Waals surface area contributed by atoms with Crippen LogP contribution in [0.25, 0.3) is 0 Å². The lowest BCUT2D eigenvalue weighted by Crippen LogP contribution is -2.08. The number of hydrogen-bond donors (Lipinski definition) is 0. The van der Waals surface area contributed by atoms with Crippen molar-refractivity contribution in [3.63, 3.8) is 0 Å². The van der Waals surface area contributed by atoms with Crippen molar-refractivity contribution in [3.8, 4) is 0 Å². The molecule has 0 aromatic heterocycles. The van der Waals surface area contributed by atoms with Gasteiger partial charge in [-0.05, 0) is 61.2 Å². The summed E-state index contributed by atoms with van der Waals surface area (Å²) in [5.41, 5.74) is 3.61. The Bertz CT molecular complexity index is 291. The van der Waals surface area contributed by atoms with Gasteiger partial charge in [0, 0.05) is 0 Å². The molecule has 0 N–H and O–H groups in total. The van der Waals surface area contributed by atoms with Crippen LogP contribution in [-0.4, -0.2) is 0 Å². The van der Waals surface area contributed by atoms with Crippen molar-refractivity contribution in [3.05, 3.63) is 11.1 Å². The molecule has 1 fully saturated rings. The van der Waals surface area contributed by atoms with E-state index < -0.39 is 0 Å². The molecule has 2 aliphatic carbocycles. The Hall–Kier alpha value is -0.260. The molecule has 1 unspecified atom stereocenters. The molecule has 0 radical (unpaired) electrons. The van der Waals surface area contributed by atoms with Gasteiger partial charge in [-0.3, -0.25) is 0 Å². The molecule has 0 heterocycles. The maximum absolute atomic E-state index is 2.43. The molecular formula is C18H32. The van der Waals surface area contributed by atoms with Crippen LogP contribution in [0.5, 0.6) is 0 Å². The minimum Gasteiger partial charge on any atom is -0.0682 e. The fourth-order valence-electron chi connectivity index (χ4n) is 4.56. The topological polar surface area (TPSA) is 0 Å². The van der Waals surface area contributed by atoms with Gasteiger partial charge in [0.2, 0.25) is 0 Å². The first-order valence-corrected chi connectivity index (χ1v) is 8.15. The lowest BCUT2D eigenvalue weighted by Gasteiger charge is -2.23. The predicted molar refractivity (Wildman–Crippen MR) is 80.5 cm³/mol. The van der Waals surface area contributed by atoms with Crippen LogP contribution in [0.1, 0.15) is 67.2 Å². The lowest BCUT2D eigenvalue weighted by molar-refractivity contribution is 0.489. The molecule has 0 heteroatoms. The first kappa shape index (κ1) is 14.2. The van der Waals surface area contributed by atoms with Crippen molar-refractivity contribution < 1.29 is 0 Å². The Balaban J connectivity index is 2.12. The second kappa shape index (κ2) is 5.39. The lowest BCUT2D eigenvalue weighted by atomic mass is 9.83. The Labute approximate surface area is 114 Å². The summed E-state index contributed by atoms with van der Waals surface area (Å²) in [6.45, 7) is 14.4. The fourth-order valence-corrected chi connectivity index (χ4v) is 4.56. The molecule has 0 aromatic carbocycles. The van der Waals surface area contributed by atoms with Gasteiger partial charge in [0.1, 0.15) is 0 Å². The average Bonchev–Trinajstić information content (AvgIpc) is 2.89. The van der Waals surface area contributed by atoms with Gasteiger partial charge in [-0.2, -0.15) is 0 Å². The van der Waals surface area contributed by atoms with Gasteiger partial charge >= 0.3 is 0 Å². The van der Waals surface area contributed by atoms with E-state index in [-0.39, 0.29) is 0 Å². The SMILES string of the molecule is CC(C)/C1=C(\C(C)C)CC[C@H]2C(C(C)C)[C@H]2CC1. The molecule has 104 valence electrons. The van der Waals surface area contributed by atoms with Crippen LogP contribution >= 0.6 is 0 Å².